The van der Waals surface area contributed by atoms with Crippen LogP contribution in [0.4, 0.5) is 11.9 Å². The number of anilines is 2. The summed E-state index contributed by atoms with van der Waals surface area (Å²) < 4.78 is 0. The molecule has 5 N–H and O–H groups in total. The quantitative estimate of drug-likeness (QED) is 0.492. The molecule has 0 saturated carbocycles. The van der Waals surface area contributed by atoms with Gasteiger partial charge in [0.2, 0.25) is 11.9 Å². The van der Waals surface area contributed by atoms with Crippen molar-refractivity contribution in [3.63, 3.8) is 0 Å². The van der Waals surface area contributed by atoms with Gasteiger partial charge in [0.1, 0.15) is 0 Å². The molecule has 0 spiro atoms. The number of hydrogen-bond acceptors (Lipinski definition) is 5. The molecule has 6 heteroatoms. The molecule has 6 nitrogen and oxygen atoms in total. The number of rotatable bonds is 3. The first-order chi connectivity index (χ1) is 7.25. The zero-order valence-corrected chi connectivity index (χ0v) is 8.09. The van der Waals surface area contributed by atoms with Crippen LogP contribution in [0.25, 0.3) is 0 Å². The van der Waals surface area contributed by atoms with Crippen LogP contribution in [0.5, 0.6) is 0 Å². The smallest absolute Gasteiger partial charge is 0.241 e. The Morgan fingerprint density at radius 2 is 2.00 bits per heavy atom. The van der Waals surface area contributed by atoms with E-state index in [-0.39, 0.29) is 5.95 Å². The third kappa shape index (κ3) is 2.23. The Morgan fingerprint density at radius 3 is 2.60 bits per heavy atom. The second kappa shape index (κ2) is 3.97. The number of H-pyrrole nitrogens is 1. The molecule has 15 heavy (non-hydrogen) atoms. The number of hydrogen-bond donors (Lipinski definition) is 3. The summed E-state index contributed by atoms with van der Waals surface area (Å²) in [6, 6.07) is 9.84. The first-order valence-electron chi connectivity index (χ1n) is 4.50. The number of hydrazine groups is 1. The lowest BCUT2D eigenvalue weighted by Crippen LogP contribution is -2.31. The Hall–Kier alpha value is -2.08. The third-order valence-electron chi connectivity index (χ3n) is 1.96. The highest BCUT2D eigenvalue weighted by Gasteiger charge is 2.06. The van der Waals surface area contributed by atoms with Gasteiger partial charge in [-0.3, -0.25) is 5.01 Å². The van der Waals surface area contributed by atoms with Crippen molar-refractivity contribution in [1.29, 1.82) is 0 Å². The van der Waals surface area contributed by atoms with Crippen LogP contribution in [0.2, 0.25) is 0 Å². The molecule has 0 unspecified atom stereocenters. The van der Waals surface area contributed by atoms with E-state index in [2.05, 4.69) is 15.2 Å². The maximum atomic E-state index is 5.78. The van der Waals surface area contributed by atoms with Crippen molar-refractivity contribution in [3.8, 4) is 0 Å². The van der Waals surface area contributed by atoms with Crippen LogP contribution in [0.15, 0.2) is 30.3 Å². The predicted octanol–water partition coefficient (Wildman–Crippen LogP) is 0.267. The predicted molar refractivity (Wildman–Crippen MR) is 57.6 cm³/mol. The zero-order valence-electron chi connectivity index (χ0n) is 8.09. The van der Waals surface area contributed by atoms with Crippen LogP contribution in [-0.2, 0) is 6.54 Å². The standard InChI is InChI=1S/C9H12N6/c10-8-12-9(14-13-8)15(11)6-7-4-2-1-3-5-7/h1-5H,6,11H2,(H3,10,12,13,14). The number of nitrogens with two attached hydrogens (primary N) is 2. The van der Waals surface area contributed by atoms with Gasteiger partial charge < -0.3 is 5.73 Å². The Bertz CT molecular complexity index is 423. The fraction of sp³-hybridized carbons (Fsp3) is 0.111. The summed E-state index contributed by atoms with van der Waals surface area (Å²) in [6.07, 6.45) is 0. The Labute approximate surface area is 86.9 Å². The van der Waals surface area contributed by atoms with Crippen LogP contribution in [-0.4, -0.2) is 15.2 Å². The molecule has 0 aliphatic heterocycles. The van der Waals surface area contributed by atoms with Crippen molar-refractivity contribution in [2.24, 2.45) is 5.84 Å². The molecule has 2 aromatic rings. The van der Waals surface area contributed by atoms with Crippen molar-refractivity contribution >= 4 is 11.9 Å². The van der Waals surface area contributed by atoms with Crippen LogP contribution >= 0.6 is 0 Å². The minimum absolute atomic E-state index is 0.188. The van der Waals surface area contributed by atoms with Crippen molar-refractivity contribution in [3.05, 3.63) is 35.9 Å². The number of benzene rings is 1. The second-order valence-corrected chi connectivity index (χ2v) is 3.13. The summed E-state index contributed by atoms with van der Waals surface area (Å²) in [4.78, 5) is 3.92. The average molecular weight is 204 g/mol. The Kier molecular flexibility index (Phi) is 2.51. The van der Waals surface area contributed by atoms with Crippen LogP contribution in [0.3, 0.4) is 0 Å². The van der Waals surface area contributed by atoms with Gasteiger partial charge in [-0.15, -0.1) is 5.10 Å². The molecule has 0 amide bonds. The highest BCUT2D eigenvalue weighted by atomic mass is 15.5. The number of nitrogens with one attached hydrogen (secondary N) is 1. The summed E-state index contributed by atoms with van der Waals surface area (Å²) in [5.41, 5.74) is 6.47. The van der Waals surface area contributed by atoms with Gasteiger partial charge in [0.05, 0.1) is 6.54 Å². The van der Waals surface area contributed by atoms with Gasteiger partial charge in [-0.25, -0.2) is 10.9 Å². The molecule has 1 aromatic heterocycles. The molecule has 0 aliphatic rings. The van der Waals surface area contributed by atoms with E-state index in [9.17, 15) is 0 Å². The minimum Gasteiger partial charge on any atom is -0.366 e. The average Bonchev–Trinajstić information content (AvgIpc) is 2.66. The lowest BCUT2D eigenvalue weighted by Gasteiger charge is -2.14. The zero-order chi connectivity index (χ0) is 10.7. The second-order valence-electron chi connectivity index (χ2n) is 3.13. The molecular formula is C9H12N6. The first kappa shape index (κ1) is 9.47. The minimum atomic E-state index is 0.188. The lowest BCUT2D eigenvalue weighted by molar-refractivity contribution is 0.811. The highest BCUT2D eigenvalue weighted by Crippen LogP contribution is 2.08. The van der Waals surface area contributed by atoms with Crippen LogP contribution in [0.1, 0.15) is 5.56 Å². The van der Waals surface area contributed by atoms with E-state index in [0.717, 1.165) is 5.56 Å². The first-order valence-corrected chi connectivity index (χ1v) is 4.50. The molecule has 0 bridgehead atoms. The molecule has 0 atom stereocenters. The molecule has 0 radical (unpaired) electrons. The molecule has 0 aliphatic carbocycles. The van der Waals surface area contributed by atoms with Gasteiger partial charge in [-0.1, -0.05) is 30.3 Å². The molecule has 0 saturated heterocycles. The van der Waals surface area contributed by atoms with Crippen molar-refractivity contribution in [2.45, 2.75) is 6.54 Å². The van der Waals surface area contributed by atoms with E-state index >= 15 is 0 Å². The highest BCUT2D eigenvalue weighted by molar-refractivity contribution is 5.33. The number of aromatic amines is 1. The van der Waals surface area contributed by atoms with E-state index < -0.39 is 0 Å². The largest absolute Gasteiger partial charge is 0.366 e. The fourth-order valence-electron chi connectivity index (χ4n) is 1.25. The molecule has 1 heterocycles. The van der Waals surface area contributed by atoms with Crippen molar-refractivity contribution in [2.75, 3.05) is 10.7 Å². The van der Waals surface area contributed by atoms with E-state index in [0.29, 0.717) is 12.5 Å². The Morgan fingerprint density at radius 1 is 1.27 bits per heavy atom. The maximum Gasteiger partial charge on any atom is 0.241 e. The number of aromatic nitrogens is 3. The van der Waals surface area contributed by atoms with Crippen molar-refractivity contribution in [1.82, 2.24) is 15.2 Å². The molecule has 1 aromatic carbocycles. The van der Waals surface area contributed by atoms with Gasteiger partial charge in [0, 0.05) is 0 Å². The van der Waals surface area contributed by atoms with Gasteiger partial charge >= 0.3 is 0 Å². The third-order valence-corrected chi connectivity index (χ3v) is 1.96. The van der Waals surface area contributed by atoms with E-state index in [1.165, 1.54) is 5.01 Å². The molecule has 0 fully saturated rings. The summed E-state index contributed by atoms with van der Waals surface area (Å²) in [7, 11) is 0. The molecule has 2 rings (SSSR count). The SMILES string of the molecule is Nc1n[nH]c(N(N)Cc2ccccc2)n1. The number of nitrogen functional groups attached to an aromatic ring is 1. The van der Waals surface area contributed by atoms with Crippen molar-refractivity contribution < 1.29 is 0 Å². The molecular weight excluding hydrogens is 192 g/mol. The molecule has 78 valence electrons. The normalized spacial score (nSPS) is 10.2. The van der Waals surface area contributed by atoms with Gasteiger partial charge in [0.15, 0.2) is 0 Å². The van der Waals surface area contributed by atoms with E-state index in [4.69, 9.17) is 11.6 Å². The summed E-state index contributed by atoms with van der Waals surface area (Å²) in [5.74, 6) is 6.43. The topological polar surface area (TPSA) is 96.8 Å². The Balaban J connectivity index is 2.07. The maximum absolute atomic E-state index is 5.78. The van der Waals surface area contributed by atoms with E-state index in [1.807, 2.05) is 30.3 Å². The van der Waals surface area contributed by atoms with Gasteiger partial charge in [0.25, 0.3) is 0 Å². The lowest BCUT2D eigenvalue weighted by atomic mass is 10.2. The monoisotopic (exact) mass is 204 g/mol. The fourth-order valence-corrected chi connectivity index (χ4v) is 1.25. The van der Waals surface area contributed by atoms with Crippen LogP contribution < -0.4 is 16.6 Å². The van der Waals surface area contributed by atoms with Gasteiger partial charge in [-0.2, -0.15) is 4.98 Å². The summed E-state index contributed by atoms with van der Waals surface area (Å²) >= 11 is 0. The van der Waals surface area contributed by atoms with Gasteiger partial charge in [-0.05, 0) is 5.56 Å². The van der Waals surface area contributed by atoms with E-state index in [1.54, 1.807) is 0 Å². The van der Waals surface area contributed by atoms with Crippen LogP contribution in [0, 0.1) is 0 Å². The number of nitrogens with zero attached hydrogens (tertiary/aromatic N) is 3. The summed E-state index contributed by atoms with van der Waals surface area (Å²) in [5, 5.41) is 7.80. The summed E-state index contributed by atoms with van der Waals surface area (Å²) in [6.45, 7) is 0.551.